The molecule has 0 saturated carbocycles. The zero-order valence-corrected chi connectivity index (χ0v) is 7.22. The summed E-state index contributed by atoms with van der Waals surface area (Å²) in [6.45, 7) is 2.62. The highest BCUT2D eigenvalue weighted by molar-refractivity contribution is 5.94. The smallest absolute Gasteiger partial charge is 0.269 e. The summed E-state index contributed by atoms with van der Waals surface area (Å²) in [6, 6.07) is 0. The molecule has 1 amide bonds. The zero-order valence-electron chi connectivity index (χ0n) is 7.22. The second-order valence-electron chi connectivity index (χ2n) is 3.02. The van der Waals surface area contributed by atoms with Crippen LogP contribution in [0.2, 0.25) is 0 Å². The molecule has 4 nitrogen and oxygen atoms in total. The maximum atomic E-state index is 11.3. The number of rotatable bonds is 0. The topological polar surface area (TPSA) is 46.9 Å². The van der Waals surface area contributed by atoms with Gasteiger partial charge >= 0.3 is 0 Å². The third-order valence-electron chi connectivity index (χ3n) is 2.25. The summed E-state index contributed by atoms with van der Waals surface area (Å²) in [5, 5.41) is 2.79. The number of nitrogens with one attached hydrogen (secondary N) is 1. The Morgan fingerprint density at radius 1 is 1.58 bits per heavy atom. The Kier molecular flexibility index (Phi) is 1.43. The number of hydrogen-bond acceptors (Lipinski definition) is 2. The van der Waals surface area contributed by atoms with Gasteiger partial charge in [0.25, 0.3) is 5.91 Å². The van der Waals surface area contributed by atoms with Gasteiger partial charge in [-0.25, -0.2) is 4.98 Å². The van der Waals surface area contributed by atoms with Crippen LogP contribution in [0.3, 0.4) is 0 Å². The van der Waals surface area contributed by atoms with Crippen molar-refractivity contribution in [3.05, 3.63) is 17.2 Å². The van der Waals surface area contributed by atoms with Crippen molar-refractivity contribution in [2.75, 3.05) is 6.54 Å². The summed E-state index contributed by atoms with van der Waals surface area (Å²) in [7, 11) is 1.87. The summed E-state index contributed by atoms with van der Waals surface area (Å²) in [4.78, 5) is 15.7. The third kappa shape index (κ3) is 0.841. The van der Waals surface area contributed by atoms with Crippen molar-refractivity contribution in [1.82, 2.24) is 14.9 Å². The molecular formula is C8H11N3O. The molecule has 1 aromatic rings. The van der Waals surface area contributed by atoms with Crippen LogP contribution in [0, 0.1) is 6.92 Å². The average molecular weight is 165 g/mol. The number of aromatic nitrogens is 2. The molecule has 64 valence electrons. The summed E-state index contributed by atoms with van der Waals surface area (Å²) in [5.74, 6) is 0.899. The van der Waals surface area contributed by atoms with Gasteiger partial charge in [-0.3, -0.25) is 4.79 Å². The lowest BCUT2D eigenvalue weighted by Gasteiger charge is -2.12. The van der Waals surface area contributed by atoms with Crippen molar-refractivity contribution >= 4 is 5.91 Å². The van der Waals surface area contributed by atoms with Crippen LogP contribution in [0.25, 0.3) is 0 Å². The SMILES string of the molecule is Cc1nc2c(n1C)C(=O)NCC2. The molecule has 2 rings (SSSR count). The van der Waals surface area contributed by atoms with Crippen molar-refractivity contribution in [2.45, 2.75) is 13.3 Å². The molecule has 1 aliphatic rings. The Balaban J connectivity index is 2.61. The van der Waals surface area contributed by atoms with Gasteiger partial charge in [-0.05, 0) is 6.92 Å². The first-order valence-electron chi connectivity index (χ1n) is 4.00. The Morgan fingerprint density at radius 2 is 2.33 bits per heavy atom. The molecular weight excluding hydrogens is 154 g/mol. The molecule has 0 saturated heterocycles. The Hall–Kier alpha value is -1.32. The fourth-order valence-electron chi connectivity index (χ4n) is 1.51. The fourth-order valence-corrected chi connectivity index (χ4v) is 1.51. The molecule has 4 heteroatoms. The first kappa shape index (κ1) is 7.34. The van der Waals surface area contributed by atoms with Crippen LogP contribution in [0.15, 0.2) is 0 Å². The molecule has 1 N–H and O–H groups in total. The molecule has 0 atom stereocenters. The lowest BCUT2D eigenvalue weighted by molar-refractivity contribution is 0.0937. The molecule has 2 heterocycles. The molecule has 1 aliphatic heterocycles. The van der Waals surface area contributed by atoms with Crippen molar-refractivity contribution in [1.29, 1.82) is 0 Å². The molecule has 0 aromatic carbocycles. The van der Waals surface area contributed by atoms with Gasteiger partial charge in [0.2, 0.25) is 0 Å². The molecule has 0 spiro atoms. The average Bonchev–Trinajstić information content (AvgIpc) is 2.29. The molecule has 0 radical (unpaired) electrons. The van der Waals surface area contributed by atoms with Gasteiger partial charge in [0, 0.05) is 20.0 Å². The predicted octanol–water partition coefficient (Wildman–Crippen LogP) is 0.0144. The van der Waals surface area contributed by atoms with E-state index in [0.717, 1.165) is 23.6 Å². The number of fused-ring (bicyclic) bond motifs is 1. The van der Waals surface area contributed by atoms with Gasteiger partial charge in [-0.2, -0.15) is 0 Å². The first-order chi connectivity index (χ1) is 5.70. The number of imidazole rings is 1. The van der Waals surface area contributed by atoms with Crippen LogP contribution in [0.4, 0.5) is 0 Å². The van der Waals surface area contributed by atoms with Crippen LogP contribution in [-0.2, 0) is 13.5 Å². The van der Waals surface area contributed by atoms with Crippen molar-refractivity contribution in [2.24, 2.45) is 7.05 Å². The molecule has 0 unspecified atom stereocenters. The summed E-state index contributed by atoms with van der Waals surface area (Å²) in [6.07, 6.45) is 0.850. The lowest BCUT2D eigenvalue weighted by atomic mass is 10.2. The van der Waals surface area contributed by atoms with E-state index in [9.17, 15) is 4.79 Å². The van der Waals surface area contributed by atoms with E-state index in [1.54, 1.807) is 0 Å². The minimum atomic E-state index is -0.000602. The largest absolute Gasteiger partial charge is 0.350 e. The van der Waals surface area contributed by atoms with E-state index in [1.165, 1.54) is 0 Å². The standard InChI is InChI=1S/C8H11N3O/c1-5-10-6-3-4-9-8(12)7(6)11(5)2/h3-4H2,1-2H3,(H,9,12). The van der Waals surface area contributed by atoms with Gasteiger partial charge in [-0.15, -0.1) is 0 Å². The minimum Gasteiger partial charge on any atom is -0.350 e. The van der Waals surface area contributed by atoms with E-state index in [1.807, 2.05) is 18.5 Å². The van der Waals surface area contributed by atoms with Gasteiger partial charge in [-0.1, -0.05) is 0 Å². The van der Waals surface area contributed by atoms with Crippen molar-refractivity contribution in [3.8, 4) is 0 Å². The number of hydrogen-bond donors (Lipinski definition) is 1. The van der Waals surface area contributed by atoms with Crippen molar-refractivity contribution < 1.29 is 4.79 Å². The summed E-state index contributed by atoms with van der Waals surface area (Å²) in [5.41, 5.74) is 1.65. The summed E-state index contributed by atoms with van der Waals surface area (Å²) < 4.78 is 1.84. The molecule has 12 heavy (non-hydrogen) atoms. The number of nitrogens with zero attached hydrogens (tertiary/aromatic N) is 2. The van der Waals surface area contributed by atoms with Crippen LogP contribution in [0.1, 0.15) is 22.0 Å². The highest BCUT2D eigenvalue weighted by atomic mass is 16.2. The maximum Gasteiger partial charge on any atom is 0.269 e. The zero-order chi connectivity index (χ0) is 8.72. The van der Waals surface area contributed by atoms with Crippen LogP contribution >= 0.6 is 0 Å². The molecule has 0 fully saturated rings. The highest BCUT2D eigenvalue weighted by Crippen LogP contribution is 2.13. The van der Waals surface area contributed by atoms with E-state index >= 15 is 0 Å². The Morgan fingerprint density at radius 3 is 3.00 bits per heavy atom. The van der Waals surface area contributed by atoms with Gasteiger partial charge < -0.3 is 9.88 Å². The van der Waals surface area contributed by atoms with Crippen LogP contribution in [0.5, 0.6) is 0 Å². The molecule has 0 bridgehead atoms. The second kappa shape index (κ2) is 2.33. The van der Waals surface area contributed by atoms with E-state index < -0.39 is 0 Å². The third-order valence-corrected chi connectivity index (χ3v) is 2.25. The van der Waals surface area contributed by atoms with Gasteiger partial charge in [0.1, 0.15) is 11.5 Å². The van der Waals surface area contributed by atoms with Crippen LogP contribution in [-0.4, -0.2) is 22.0 Å². The van der Waals surface area contributed by atoms with Gasteiger partial charge in [0.05, 0.1) is 5.69 Å². The molecule has 0 aliphatic carbocycles. The number of amides is 1. The normalized spacial score (nSPS) is 15.7. The number of aryl methyl sites for hydroxylation is 1. The van der Waals surface area contributed by atoms with E-state index in [4.69, 9.17) is 0 Å². The highest BCUT2D eigenvalue weighted by Gasteiger charge is 2.22. The number of carbonyl (C=O) groups is 1. The quantitative estimate of drug-likeness (QED) is 0.589. The lowest BCUT2D eigenvalue weighted by Crippen LogP contribution is -2.33. The fraction of sp³-hybridized carbons (Fsp3) is 0.500. The molecule has 1 aromatic heterocycles. The maximum absolute atomic E-state index is 11.3. The van der Waals surface area contributed by atoms with Crippen LogP contribution < -0.4 is 5.32 Å². The monoisotopic (exact) mass is 165 g/mol. The van der Waals surface area contributed by atoms with E-state index in [-0.39, 0.29) is 5.91 Å². The second-order valence-corrected chi connectivity index (χ2v) is 3.02. The summed E-state index contributed by atoms with van der Waals surface area (Å²) >= 11 is 0. The van der Waals surface area contributed by atoms with Gasteiger partial charge in [0.15, 0.2) is 0 Å². The minimum absolute atomic E-state index is 0.000602. The number of carbonyl (C=O) groups excluding carboxylic acids is 1. The first-order valence-corrected chi connectivity index (χ1v) is 4.00. The predicted molar refractivity (Wildman–Crippen MR) is 44.0 cm³/mol. The van der Waals surface area contributed by atoms with E-state index in [2.05, 4.69) is 10.3 Å². The van der Waals surface area contributed by atoms with E-state index in [0.29, 0.717) is 6.54 Å². The Bertz CT molecular complexity index is 340. The van der Waals surface area contributed by atoms with Crippen molar-refractivity contribution in [3.63, 3.8) is 0 Å². The Labute approximate surface area is 70.6 Å².